The van der Waals surface area contributed by atoms with Crippen molar-refractivity contribution < 1.29 is 19.1 Å². The van der Waals surface area contributed by atoms with Gasteiger partial charge in [0.15, 0.2) is 0 Å². The van der Waals surface area contributed by atoms with Gasteiger partial charge in [-0.05, 0) is 49.2 Å². The summed E-state index contributed by atoms with van der Waals surface area (Å²) >= 11 is 0. The van der Waals surface area contributed by atoms with Crippen LogP contribution in [0.3, 0.4) is 0 Å². The number of hydrogen-bond donors (Lipinski definition) is 2. The van der Waals surface area contributed by atoms with E-state index in [1.165, 1.54) is 0 Å². The number of methoxy groups -OCH3 is 2. The lowest BCUT2D eigenvalue weighted by molar-refractivity contribution is 0.239. The summed E-state index contributed by atoms with van der Waals surface area (Å²) in [6.45, 7) is 5.54. The van der Waals surface area contributed by atoms with Crippen LogP contribution in [0.5, 0.6) is 11.5 Å². The van der Waals surface area contributed by atoms with Crippen molar-refractivity contribution in [2.75, 3.05) is 37.9 Å². The molecule has 2 saturated heterocycles. The maximum Gasteiger partial charge on any atom is 0.322 e. The molecule has 8 heteroatoms. The summed E-state index contributed by atoms with van der Waals surface area (Å²) in [5, 5.41) is 5.78. The van der Waals surface area contributed by atoms with E-state index in [0.717, 1.165) is 24.2 Å². The molecular formula is C22H26N4O4. The molecule has 0 saturated carbocycles. The van der Waals surface area contributed by atoms with Crippen LogP contribution in [0.25, 0.3) is 11.1 Å². The van der Waals surface area contributed by atoms with Crippen LogP contribution in [-0.2, 0) is 0 Å². The number of carbonyl (C=O) groups is 2. The normalized spacial score (nSPS) is 19.2. The highest BCUT2D eigenvalue weighted by Gasteiger charge is 2.35. The van der Waals surface area contributed by atoms with E-state index in [1.54, 1.807) is 24.0 Å². The topological polar surface area (TPSA) is 82.7 Å². The Kier molecular flexibility index (Phi) is 5.15. The van der Waals surface area contributed by atoms with Gasteiger partial charge < -0.3 is 29.9 Å². The zero-order chi connectivity index (χ0) is 21.4. The molecule has 0 spiro atoms. The molecule has 2 aliphatic heterocycles. The molecule has 4 rings (SSSR count). The molecule has 30 heavy (non-hydrogen) atoms. The Balaban J connectivity index is 1.54. The maximum atomic E-state index is 12.2. The quantitative estimate of drug-likeness (QED) is 0.734. The number of ether oxygens (including phenoxy) is 2. The van der Waals surface area contributed by atoms with Gasteiger partial charge in [0.2, 0.25) is 0 Å². The number of urea groups is 2. The van der Waals surface area contributed by atoms with Crippen molar-refractivity contribution >= 4 is 23.4 Å². The zero-order valence-corrected chi connectivity index (χ0v) is 17.6. The largest absolute Gasteiger partial charge is 0.495 e. The van der Waals surface area contributed by atoms with E-state index in [1.807, 2.05) is 50.2 Å². The molecule has 0 radical (unpaired) electrons. The molecule has 0 aliphatic carbocycles. The Morgan fingerprint density at radius 3 is 1.47 bits per heavy atom. The van der Waals surface area contributed by atoms with Gasteiger partial charge in [-0.1, -0.05) is 12.1 Å². The monoisotopic (exact) mass is 410 g/mol. The molecule has 2 heterocycles. The first-order valence-corrected chi connectivity index (χ1v) is 9.93. The summed E-state index contributed by atoms with van der Waals surface area (Å²) in [6, 6.07) is 11.5. The number of rotatable bonds is 5. The predicted octanol–water partition coefficient (Wildman–Crippen LogP) is 3.84. The van der Waals surface area contributed by atoms with Crippen LogP contribution in [-0.4, -0.2) is 61.3 Å². The Hall–Kier alpha value is -3.42. The van der Waals surface area contributed by atoms with Crippen molar-refractivity contribution in [2.45, 2.75) is 25.9 Å². The molecule has 0 bridgehead atoms. The van der Waals surface area contributed by atoms with Gasteiger partial charge in [-0.25, -0.2) is 9.59 Å². The van der Waals surface area contributed by atoms with Crippen LogP contribution in [0.15, 0.2) is 36.4 Å². The Labute approximate surface area is 175 Å². The third-order valence-electron chi connectivity index (χ3n) is 5.46. The van der Waals surface area contributed by atoms with Crippen molar-refractivity contribution in [3.8, 4) is 22.6 Å². The Morgan fingerprint density at radius 2 is 1.17 bits per heavy atom. The molecule has 2 aromatic rings. The minimum absolute atomic E-state index is 0.129. The molecule has 2 fully saturated rings. The van der Waals surface area contributed by atoms with Crippen LogP contribution in [0, 0.1) is 0 Å². The lowest BCUT2D eigenvalue weighted by Crippen LogP contribution is -2.20. The highest BCUT2D eigenvalue weighted by atomic mass is 16.5. The third kappa shape index (κ3) is 3.98. The predicted molar refractivity (Wildman–Crippen MR) is 115 cm³/mol. The van der Waals surface area contributed by atoms with Gasteiger partial charge in [0.25, 0.3) is 0 Å². The van der Waals surface area contributed by atoms with E-state index in [9.17, 15) is 9.59 Å². The van der Waals surface area contributed by atoms with Gasteiger partial charge >= 0.3 is 12.1 Å². The van der Waals surface area contributed by atoms with Crippen molar-refractivity contribution in [3.05, 3.63) is 36.4 Å². The summed E-state index contributed by atoms with van der Waals surface area (Å²) in [5.74, 6) is 1.14. The fourth-order valence-electron chi connectivity index (χ4n) is 3.36. The number of nitrogens with zero attached hydrogens (tertiary/aromatic N) is 2. The zero-order valence-electron chi connectivity index (χ0n) is 17.6. The SMILES string of the molecule is COc1cc(-c2ccc(NC(=O)N3C[C@@H]3C)c(OC)c2)ccc1NC(=O)N1C[C@@H]1C. The molecule has 4 amide bonds. The Morgan fingerprint density at radius 1 is 0.800 bits per heavy atom. The Bertz CT molecular complexity index is 914. The lowest BCUT2D eigenvalue weighted by atomic mass is 10.0. The first-order chi connectivity index (χ1) is 14.4. The summed E-state index contributed by atoms with van der Waals surface area (Å²) in [6.07, 6.45) is 0. The number of carbonyl (C=O) groups excluding carboxylic acids is 2. The average Bonchev–Trinajstić information content (AvgIpc) is 3.66. The molecule has 0 unspecified atom stereocenters. The van der Waals surface area contributed by atoms with Gasteiger partial charge in [0.05, 0.1) is 25.6 Å². The highest BCUT2D eigenvalue weighted by Crippen LogP contribution is 2.35. The number of amides is 4. The highest BCUT2D eigenvalue weighted by molar-refractivity contribution is 5.94. The van der Waals surface area contributed by atoms with Crippen molar-refractivity contribution in [2.24, 2.45) is 0 Å². The van der Waals surface area contributed by atoms with Gasteiger partial charge in [-0.3, -0.25) is 0 Å². The number of hydrogen-bond acceptors (Lipinski definition) is 4. The van der Waals surface area contributed by atoms with Gasteiger partial charge in [-0.2, -0.15) is 0 Å². The van der Waals surface area contributed by atoms with E-state index in [4.69, 9.17) is 9.47 Å². The summed E-state index contributed by atoms with van der Waals surface area (Å²) in [7, 11) is 3.14. The second kappa shape index (κ2) is 7.78. The fourth-order valence-corrected chi connectivity index (χ4v) is 3.36. The lowest BCUT2D eigenvalue weighted by Gasteiger charge is -2.15. The summed E-state index contributed by atoms with van der Waals surface area (Å²) in [4.78, 5) is 27.9. The molecular weight excluding hydrogens is 384 g/mol. The van der Waals surface area contributed by atoms with Crippen LogP contribution in [0.1, 0.15) is 13.8 Å². The minimum atomic E-state index is -0.129. The van der Waals surface area contributed by atoms with E-state index >= 15 is 0 Å². The fraction of sp³-hybridized carbons (Fsp3) is 0.364. The summed E-state index contributed by atoms with van der Waals surface area (Å²) < 4.78 is 11.0. The van der Waals surface area contributed by atoms with E-state index in [0.29, 0.717) is 22.9 Å². The van der Waals surface area contributed by atoms with Crippen molar-refractivity contribution in [1.29, 1.82) is 0 Å². The van der Waals surface area contributed by atoms with Crippen LogP contribution in [0.2, 0.25) is 0 Å². The standard InChI is InChI=1S/C22H26N4O4/c1-13-11-25(13)21(27)23-17-7-5-15(9-19(17)29-3)16-6-8-18(20(10-16)30-4)24-22(28)26-12-14(26)2/h5-10,13-14H,11-12H2,1-4H3,(H,23,27)(H,24,28)/t13-,14-,25?,26?/m0/s1. The van der Waals surface area contributed by atoms with Gasteiger partial charge in [0, 0.05) is 25.2 Å². The molecule has 158 valence electrons. The molecule has 2 atom stereocenters. The first-order valence-electron chi connectivity index (χ1n) is 9.93. The van der Waals surface area contributed by atoms with Crippen molar-refractivity contribution in [1.82, 2.24) is 9.80 Å². The first kappa shape index (κ1) is 19.9. The van der Waals surface area contributed by atoms with E-state index in [2.05, 4.69) is 10.6 Å². The molecule has 2 N–H and O–H groups in total. The maximum absolute atomic E-state index is 12.2. The summed E-state index contributed by atoms with van der Waals surface area (Å²) in [5.41, 5.74) is 3.05. The molecule has 8 nitrogen and oxygen atoms in total. The molecule has 2 aliphatic rings. The van der Waals surface area contributed by atoms with Crippen molar-refractivity contribution in [3.63, 3.8) is 0 Å². The number of anilines is 2. The van der Waals surface area contributed by atoms with E-state index < -0.39 is 0 Å². The van der Waals surface area contributed by atoms with Crippen LogP contribution < -0.4 is 20.1 Å². The van der Waals surface area contributed by atoms with Gasteiger partial charge in [-0.15, -0.1) is 0 Å². The van der Waals surface area contributed by atoms with E-state index in [-0.39, 0.29) is 24.1 Å². The second-order valence-corrected chi connectivity index (χ2v) is 7.69. The van der Waals surface area contributed by atoms with Crippen LogP contribution in [0.4, 0.5) is 21.0 Å². The molecule has 2 aromatic carbocycles. The van der Waals surface area contributed by atoms with Crippen LogP contribution >= 0.6 is 0 Å². The third-order valence-corrected chi connectivity index (χ3v) is 5.46. The molecule has 0 aromatic heterocycles. The minimum Gasteiger partial charge on any atom is -0.495 e. The smallest absolute Gasteiger partial charge is 0.322 e. The average molecular weight is 410 g/mol. The van der Waals surface area contributed by atoms with Gasteiger partial charge in [0.1, 0.15) is 11.5 Å². The number of nitrogens with one attached hydrogen (secondary N) is 2. The number of benzene rings is 2. The second-order valence-electron chi connectivity index (χ2n) is 7.69.